The van der Waals surface area contributed by atoms with E-state index < -0.39 is 20.0 Å². The number of hydrogen-bond acceptors (Lipinski definition) is 6. The van der Waals surface area contributed by atoms with Gasteiger partial charge in [0.2, 0.25) is 20.0 Å². The third kappa shape index (κ3) is 5.64. The van der Waals surface area contributed by atoms with Gasteiger partial charge in [0.25, 0.3) is 0 Å². The van der Waals surface area contributed by atoms with E-state index in [0.29, 0.717) is 32.1 Å². The van der Waals surface area contributed by atoms with Crippen molar-refractivity contribution >= 4 is 43.2 Å². The zero-order valence-electron chi connectivity index (χ0n) is 15.8. The maximum atomic E-state index is 12.6. The fourth-order valence-corrected chi connectivity index (χ4v) is 5.93. The second-order valence-electron chi connectivity index (χ2n) is 6.31. The summed E-state index contributed by atoms with van der Waals surface area (Å²) >= 11 is 11.8. The van der Waals surface area contributed by atoms with Crippen LogP contribution in [0.4, 0.5) is 0 Å². The lowest BCUT2D eigenvalue weighted by molar-refractivity contribution is 0.0730. The minimum Gasteiger partial charge on any atom is -0.492 e. The molecule has 0 aromatic heterocycles. The average molecular weight is 495 g/mol. The van der Waals surface area contributed by atoms with Crippen molar-refractivity contribution in [2.75, 3.05) is 39.5 Å². The van der Waals surface area contributed by atoms with E-state index in [-0.39, 0.29) is 33.0 Å². The normalized spacial score (nSPS) is 15.8. The van der Waals surface area contributed by atoms with Gasteiger partial charge in [0.15, 0.2) is 0 Å². The Bertz CT molecular complexity index is 1090. The molecule has 30 heavy (non-hydrogen) atoms. The summed E-state index contributed by atoms with van der Waals surface area (Å²) in [6, 6.07) is 10.1. The molecule has 0 saturated carbocycles. The first kappa shape index (κ1) is 23.3. The van der Waals surface area contributed by atoms with Gasteiger partial charge >= 0.3 is 0 Å². The SMILES string of the molecule is O=S(=O)(NCCOc1ccc(S(=O)(=O)N2CCOCC2)cc1)c1cc(Cl)ccc1Cl. The van der Waals surface area contributed by atoms with E-state index in [9.17, 15) is 16.8 Å². The lowest BCUT2D eigenvalue weighted by Gasteiger charge is -2.26. The zero-order chi connectivity index (χ0) is 21.8. The van der Waals surface area contributed by atoms with Gasteiger partial charge in [-0.3, -0.25) is 0 Å². The molecule has 1 saturated heterocycles. The third-order valence-electron chi connectivity index (χ3n) is 4.28. The highest BCUT2D eigenvalue weighted by molar-refractivity contribution is 7.89. The lowest BCUT2D eigenvalue weighted by Crippen LogP contribution is -2.40. The van der Waals surface area contributed by atoms with E-state index in [4.69, 9.17) is 32.7 Å². The molecule has 0 atom stereocenters. The molecule has 2 aromatic carbocycles. The predicted octanol–water partition coefficient (Wildman–Crippen LogP) is 2.37. The molecule has 1 N–H and O–H groups in total. The fraction of sp³-hybridized carbons (Fsp3) is 0.333. The summed E-state index contributed by atoms with van der Waals surface area (Å²) in [5, 5.41) is 0.313. The Kier molecular flexibility index (Phi) is 7.61. The summed E-state index contributed by atoms with van der Waals surface area (Å²) in [4.78, 5) is 0.0439. The van der Waals surface area contributed by atoms with Gasteiger partial charge in [0, 0.05) is 24.7 Å². The van der Waals surface area contributed by atoms with Crippen LogP contribution in [0.2, 0.25) is 10.0 Å². The van der Waals surface area contributed by atoms with E-state index >= 15 is 0 Å². The van der Waals surface area contributed by atoms with Crippen LogP contribution in [-0.4, -0.2) is 60.6 Å². The van der Waals surface area contributed by atoms with Gasteiger partial charge in [-0.1, -0.05) is 23.2 Å². The van der Waals surface area contributed by atoms with Crippen molar-refractivity contribution in [2.45, 2.75) is 9.79 Å². The maximum absolute atomic E-state index is 12.6. The smallest absolute Gasteiger partial charge is 0.243 e. The first-order chi connectivity index (χ1) is 14.2. The molecule has 3 rings (SSSR count). The molecular formula is C18H20Cl2N2O6S2. The average Bonchev–Trinajstić information content (AvgIpc) is 2.74. The Hall–Kier alpha value is -1.40. The van der Waals surface area contributed by atoms with E-state index in [1.165, 1.54) is 46.8 Å². The Morgan fingerprint density at radius 1 is 1.00 bits per heavy atom. The number of halogens is 2. The first-order valence-corrected chi connectivity index (χ1v) is 12.6. The molecule has 1 heterocycles. The summed E-state index contributed by atoms with van der Waals surface area (Å²) in [7, 11) is -7.43. The van der Waals surface area contributed by atoms with Gasteiger partial charge < -0.3 is 9.47 Å². The molecule has 1 aliphatic rings. The highest BCUT2D eigenvalue weighted by Gasteiger charge is 2.26. The van der Waals surface area contributed by atoms with Crippen molar-refractivity contribution in [3.8, 4) is 5.75 Å². The van der Waals surface area contributed by atoms with Crippen LogP contribution in [0.25, 0.3) is 0 Å². The standard InChI is InChI=1S/C18H20Cl2N2O6S2/c19-14-1-6-17(20)18(13-14)29(23,24)21-7-10-28-15-2-4-16(5-3-15)30(25,26)22-8-11-27-12-9-22/h1-6,13,21H,7-12H2. The number of sulfonamides is 2. The molecule has 1 aliphatic heterocycles. The molecule has 164 valence electrons. The van der Waals surface area contributed by atoms with Crippen molar-refractivity contribution in [1.29, 1.82) is 0 Å². The second-order valence-corrected chi connectivity index (χ2v) is 10.8. The van der Waals surface area contributed by atoms with Crippen LogP contribution in [0.3, 0.4) is 0 Å². The summed E-state index contributed by atoms with van der Waals surface area (Å²) in [5.41, 5.74) is 0. The quantitative estimate of drug-likeness (QED) is 0.565. The summed E-state index contributed by atoms with van der Waals surface area (Å²) in [6.45, 7) is 1.40. The minimum absolute atomic E-state index is 0.0149. The van der Waals surface area contributed by atoms with Gasteiger partial charge in [-0.05, 0) is 42.5 Å². The number of nitrogens with one attached hydrogen (secondary N) is 1. The molecule has 0 aliphatic carbocycles. The van der Waals surface area contributed by atoms with E-state index in [1.807, 2.05) is 0 Å². The van der Waals surface area contributed by atoms with Crippen molar-refractivity contribution < 1.29 is 26.3 Å². The number of ether oxygens (including phenoxy) is 2. The van der Waals surface area contributed by atoms with Gasteiger partial charge in [-0.25, -0.2) is 21.6 Å². The fourth-order valence-electron chi connectivity index (χ4n) is 2.75. The van der Waals surface area contributed by atoms with Crippen LogP contribution in [0.15, 0.2) is 52.3 Å². The molecule has 0 spiro atoms. The van der Waals surface area contributed by atoms with Crippen molar-refractivity contribution in [2.24, 2.45) is 0 Å². The highest BCUT2D eigenvalue weighted by Crippen LogP contribution is 2.25. The van der Waals surface area contributed by atoms with E-state index in [2.05, 4.69) is 4.72 Å². The Morgan fingerprint density at radius 2 is 1.67 bits per heavy atom. The van der Waals surface area contributed by atoms with Gasteiger partial charge in [-0.2, -0.15) is 4.31 Å². The Morgan fingerprint density at radius 3 is 2.33 bits per heavy atom. The van der Waals surface area contributed by atoms with Gasteiger partial charge in [0.1, 0.15) is 17.3 Å². The van der Waals surface area contributed by atoms with Crippen molar-refractivity contribution in [1.82, 2.24) is 9.03 Å². The monoisotopic (exact) mass is 494 g/mol. The van der Waals surface area contributed by atoms with E-state index in [1.54, 1.807) is 0 Å². The van der Waals surface area contributed by atoms with E-state index in [0.717, 1.165) is 0 Å². The molecular weight excluding hydrogens is 475 g/mol. The molecule has 0 amide bonds. The molecule has 2 aromatic rings. The van der Waals surface area contributed by atoms with Crippen LogP contribution in [0, 0.1) is 0 Å². The number of morpholine rings is 1. The number of hydrogen-bond donors (Lipinski definition) is 1. The molecule has 8 nitrogen and oxygen atoms in total. The summed E-state index contributed by atoms with van der Waals surface area (Å²) in [5.74, 6) is 0.413. The van der Waals surface area contributed by atoms with Crippen LogP contribution in [0.1, 0.15) is 0 Å². The second kappa shape index (κ2) is 9.82. The largest absolute Gasteiger partial charge is 0.492 e. The molecule has 1 fully saturated rings. The number of rotatable bonds is 8. The first-order valence-electron chi connectivity index (χ1n) is 8.96. The maximum Gasteiger partial charge on any atom is 0.243 e. The number of nitrogens with zero attached hydrogens (tertiary/aromatic N) is 1. The highest BCUT2D eigenvalue weighted by atomic mass is 35.5. The van der Waals surface area contributed by atoms with Crippen LogP contribution in [0.5, 0.6) is 5.75 Å². The third-order valence-corrected chi connectivity index (χ3v) is 8.37. The lowest BCUT2D eigenvalue weighted by atomic mass is 10.3. The molecule has 0 radical (unpaired) electrons. The molecule has 0 unspecified atom stereocenters. The zero-order valence-corrected chi connectivity index (χ0v) is 18.9. The molecule has 12 heteroatoms. The summed E-state index contributed by atoms with van der Waals surface area (Å²) in [6.07, 6.45) is 0. The van der Waals surface area contributed by atoms with Gasteiger partial charge in [0.05, 0.1) is 23.1 Å². The predicted molar refractivity (Wildman–Crippen MR) is 113 cm³/mol. The minimum atomic E-state index is -3.85. The Balaban J connectivity index is 1.55. The van der Waals surface area contributed by atoms with Crippen molar-refractivity contribution in [3.05, 3.63) is 52.5 Å². The number of benzene rings is 2. The topological polar surface area (TPSA) is 102 Å². The van der Waals surface area contributed by atoms with Crippen LogP contribution >= 0.6 is 23.2 Å². The van der Waals surface area contributed by atoms with Gasteiger partial charge in [-0.15, -0.1) is 0 Å². The molecule has 0 bridgehead atoms. The summed E-state index contributed by atoms with van der Waals surface area (Å²) < 4.78 is 64.3. The van der Waals surface area contributed by atoms with Crippen molar-refractivity contribution in [3.63, 3.8) is 0 Å². The van der Waals surface area contributed by atoms with Crippen LogP contribution in [-0.2, 0) is 24.8 Å². The van der Waals surface area contributed by atoms with Crippen LogP contribution < -0.4 is 9.46 Å². The Labute approximate surface area is 185 Å².